The maximum absolute atomic E-state index is 12.0. The molecule has 0 aliphatic carbocycles. The van der Waals surface area contributed by atoms with Crippen molar-refractivity contribution in [3.63, 3.8) is 0 Å². The van der Waals surface area contributed by atoms with Crippen LogP contribution >= 0.6 is 0 Å². The van der Waals surface area contributed by atoms with E-state index in [1.165, 1.54) is 24.3 Å². The van der Waals surface area contributed by atoms with Gasteiger partial charge in [-0.05, 0) is 24.6 Å². The van der Waals surface area contributed by atoms with Gasteiger partial charge in [0, 0.05) is 0 Å². The average Bonchev–Trinajstić information content (AvgIpc) is 2.53. The molecule has 0 atom stereocenters. The lowest BCUT2D eigenvalue weighted by Crippen LogP contribution is -2.22. The molecule has 6 nitrogen and oxygen atoms in total. The predicted octanol–water partition coefficient (Wildman–Crippen LogP) is 1.61. The number of benzene rings is 2. The van der Waals surface area contributed by atoms with Crippen LogP contribution in [0.5, 0.6) is 5.75 Å². The van der Waals surface area contributed by atoms with Gasteiger partial charge < -0.3 is 10.2 Å². The van der Waals surface area contributed by atoms with Crippen molar-refractivity contribution in [1.82, 2.24) is 5.43 Å². The minimum atomic E-state index is -1.18. The first-order chi connectivity index (χ1) is 10.5. The van der Waals surface area contributed by atoms with E-state index in [2.05, 4.69) is 10.5 Å². The second-order valence-electron chi connectivity index (χ2n) is 4.51. The van der Waals surface area contributed by atoms with Crippen LogP contribution in [0.25, 0.3) is 0 Å². The van der Waals surface area contributed by atoms with Gasteiger partial charge in [0.15, 0.2) is 0 Å². The highest BCUT2D eigenvalue weighted by Gasteiger charge is 2.15. The van der Waals surface area contributed by atoms with Gasteiger partial charge in [0.25, 0.3) is 5.91 Å². The van der Waals surface area contributed by atoms with Crippen molar-refractivity contribution < 1.29 is 19.8 Å². The van der Waals surface area contributed by atoms with E-state index in [9.17, 15) is 14.7 Å². The Bertz CT molecular complexity index is 736. The van der Waals surface area contributed by atoms with E-state index in [4.69, 9.17) is 5.11 Å². The summed E-state index contributed by atoms with van der Waals surface area (Å²) in [5, 5.41) is 24.0. The predicted molar refractivity (Wildman–Crippen MR) is 79.0 cm³/mol. The molecule has 0 saturated carbocycles. The monoisotopic (exact) mass is 297 g/mol. The lowest BCUT2D eigenvalue weighted by Gasteiger charge is -2.07. The molecule has 22 heavy (non-hydrogen) atoms. The fourth-order valence-corrected chi connectivity index (χ4v) is 1.82. The van der Waals surface area contributed by atoms with Crippen LogP contribution in [0.15, 0.2) is 53.6 Å². The number of carbonyl (C=O) groups excluding carboxylic acids is 1. The van der Waals surface area contributed by atoms with E-state index in [-0.39, 0.29) is 16.9 Å². The number of hydrogen-bond donors (Lipinski definition) is 2. The summed E-state index contributed by atoms with van der Waals surface area (Å²) < 4.78 is 0. The van der Waals surface area contributed by atoms with Crippen LogP contribution < -0.4 is 10.5 Å². The SMILES string of the molecule is C/C(=N\NC(=O)c1ccccc1C(=O)O)c1ccc([O-])cc1. The van der Waals surface area contributed by atoms with Crippen LogP contribution in [-0.2, 0) is 0 Å². The summed E-state index contributed by atoms with van der Waals surface area (Å²) in [4.78, 5) is 23.1. The van der Waals surface area contributed by atoms with Crippen molar-refractivity contribution in [2.75, 3.05) is 0 Å². The van der Waals surface area contributed by atoms with Crippen molar-refractivity contribution in [2.24, 2.45) is 5.10 Å². The molecule has 0 heterocycles. The second kappa shape index (κ2) is 6.53. The van der Waals surface area contributed by atoms with Gasteiger partial charge in [0.05, 0.1) is 16.8 Å². The van der Waals surface area contributed by atoms with Crippen molar-refractivity contribution >= 4 is 17.6 Å². The lowest BCUT2D eigenvalue weighted by molar-refractivity contribution is -0.268. The van der Waals surface area contributed by atoms with Crippen LogP contribution in [-0.4, -0.2) is 22.7 Å². The zero-order valence-corrected chi connectivity index (χ0v) is 11.7. The molecule has 0 aliphatic heterocycles. The first-order valence-electron chi connectivity index (χ1n) is 6.43. The van der Waals surface area contributed by atoms with Crippen molar-refractivity contribution in [2.45, 2.75) is 6.92 Å². The van der Waals surface area contributed by atoms with E-state index >= 15 is 0 Å². The van der Waals surface area contributed by atoms with E-state index < -0.39 is 11.9 Å². The Balaban J connectivity index is 2.17. The van der Waals surface area contributed by atoms with Crippen LogP contribution in [0.3, 0.4) is 0 Å². The van der Waals surface area contributed by atoms with Crippen LogP contribution in [0, 0.1) is 0 Å². The smallest absolute Gasteiger partial charge is 0.336 e. The van der Waals surface area contributed by atoms with Crippen molar-refractivity contribution in [3.05, 3.63) is 65.2 Å². The van der Waals surface area contributed by atoms with Gasteiger partial charge in [-0.3, -0.25) is 4.79 Å². The summed E-state index contributed by atoms with van der Waals surface area (Å²) in [5.74, 6) is -1.91. The number of hydrogen-bond acceptors (Lipinski definition) is 4. The first-order valence-corrected chi connectivity index (χ1v) is 6.43. The Kier molecular flexibility index (Phi) is 4.53. The number of carboxylic acid groups (broad SMARTS) is 1. The number of hydrazone groups is 1. The number of amides is 1. The highest BCUT2D eigenvalue weighted by molar-refractivity contribution is 6.05. The molecule has 0 saturated heterocycles. The number of carboxylic acids is 1. The summed E-state index contributed by atoms with van der Waals surface area (Å²) in [7, 11) is 0. The minimum Gasteiger partial charge on any atom is -0.872 e. The largest absolute Gasteiger partial charge is 0.872 e. The molecule has 0 bridgehead atoms. The normalized spacial score (nSPS) is 11.0. The van der Waals surface area contributed by atoms with Crippen LogP contribution in [0.4, 0.5) is 0 Å². The number of nitrogens with one attached hydrogen (secondary N) is 1. The number of carbonyl (C=O) groups is 2. The quantitative estimate of drug-likeness (QED) is 0.661. The Morgan fingerprint density at radius 2 is 1.64 bits per heavy atom. The van der Waals surface area contributed by atoms with E-state index in [1.54, 1.807) is 31.2 Å². The van der Waals surface area contributed by atoms with Gasteiger partial charge in [0.1, 0.15) is 0 Å². The first kappa shape index (κ1) is 15.2. The molecular formula is C16H13N2O4-. The molecule has 6 heteroatoms. The van der Waals surface area contributed by atoms with Gasteiger partial charge in [-0.15, -0.1) is 5.75 Å². The third-order valence-corrected chi connectivity index (χ3v) is 3.00. The standard InChI is InChI=1S/C16H14N2O4/c1-10(11-6-8-12(19)9-7-11)17-18-15(20)13-4-2-3-5-14(13)16(21)22/h2-9,19H,1H3,(H,18,20)(H,21,22)/p-1/b17-10+. The van der Waals surface area contributed by atoms with E-state index in [0.29, 0.717) is 11.3 Å². The third-order valence-electron chi connectivity index (χ3n) is 3.00. The molecule has 2 aromatic carbocycles. The van der Waals surface area contributed by atoms with Gasteiger partial charge in [-0.25, -0.2) is 10.2 Å². The topological polar surface area (TPSA) is 102 Å². The summed E-state index contributed by atoms with van der Waals surface area (Å²) in [6.45, 7) is 1.67. The van der Waals surface area contributed by atoms with E-state index in [1.807, 2.05) is 0 Å². The Morgan fingerprint density at radius 1 is 1.05 bits per heavy atom. The molecule has 0 aromatic heterocycles. The zero-order valence-electron chi connectivity index (χ0n) is 11.7. The summed E-state index contributed by atoms with van der Waals surface area (Å²) in [5.41, 5.74) is 3.44. The molecule has 112 valence electrons. The van der Waals surface area contributed by atoms with Crippen molar-refractivity contribution in [3.8, 4) is 5.75 Å². The number of aromatic carboxylic acids is 1. The Hall–Kier alpha value is -3.15. The van der Waals surface area contributed by atoms with Gasteiger partial charge in [0.2, 0.25) is 0 Å². The van der Waals surface area contributed by atoms with Crippen LogP contribution in [0.2, 0.25) is 0 Å². The molecule has 2 aromatic rings. The van der Waals surface area contributed by atoms with Gasteiger partial charge in [-0.2, -0.15) is 5.10 Å². The number of rotatable bonds is 4. The fourth-order valence-electron chi connectivity index (χ4n) is 1.82. The zero-order chi connectivity index (χ0) is 16.1. The molecule has 0 radical (unpaired) electrons. The molecule has 0 spiro atoms. The summed E-state index contributed by atoms with van der Waals surface area (Å²) in [6.07, 6.45) is 0. The van der Waals surface area contributed by atoms with Crippen LogP contribution in [0.1, 0.15) is 33.2 Å². The Labute approximate surface area is 126 Å². The van der Waals surface area contributed by atoms with E-state index in [0.717, 1.165) is 0 Å². The molecule has 0 unspecified atom stereocenters. The van der Waals surface area contributed by atoms with Gasteiger partial charge >= 0.3 is 5.97 Å². The summed E-state index contributed by atoms with van der Waals surface area (Å²) >= 11 is 0. The lowest BCUT2D eigenvalue weighted by atomic mass is 10.1. The van der Waals surface area contributed by atoms with Crippen molar-refractivity contribution in [1.29, 1.82) is 0 Å². The minimum absolute atomic E-state index is 0.0291. The molecule has 1 amide bonds. The molecular weight excluding hydrogens is 284 g/mol. The maximum atomic E-state index is 12.0. The molecule has 2 rings (SSSR count). The highest BCUT2D eigenvalue weighted by atomic mass is 16.4. The fraction of sp³-hybridized carbons (Fsp3) is 0.0625. The Morgan fingerprint density at radius 3 is 2.23 bits per heavy atom. The average molecular weight is 297 g/mol. The molecule has 0 fully saturated rings. The molecule has 2 N–H and O–H groups in total. The third kappa shape index (κ3) is 3.49. The molecule has 0 aliphatic rings. The maximum Gasteiger partial charge on any atom is 0.336 e. The van der Waals surface area contributed by atoms with Gasteiger partial charge in [-0.1, -0.05) is 36.4 Å². The highest BCUT2D eigenvalue weighted by Crippen LogP contribution is 2.10. The second-order valence-corrected chi connectivity index (χ2v) is 4.51. The number of nitrogens with zero attached hydrogens (tertiary/aromatic N) is 1. The summed E-state index contributed by atoms with van der Waals surface area (Å²) in [6, 6.07) is 11.9.